The molecule has 0 heterocycles. The summed E-state index contributed by atoms with van der Waals surface area (Å²) < 4.78 is 41.5. The molecular formula is C13H18F3NO. The molecule has 1 N–H and O–H groups in total. The summed E-state index contributed by atoms with van der Waals surface area (Å²) >= 11 is 0. The quantitative estimate of drug-likeness (QED) is 0.792. The molecular weight excluding hydrogens is 243 g/mol. The van der Waals surface area contributed by atoms with Crippen LogP contribution in [0.25, 0.3) is 0 Å². The van der Waals surface area contributed by atoms with Crippen molar-refractivity contribution in [3.63, 3.8) is 0 Å². The molecule has 0 aromatic heterocycles. The summed E-state index contributed by atoms with van der Waals surface area (Å²) in [4.78, 5) is 0. The van der Waals surface area contributed by atoms with E-state index in [4.69, 9.17) is 4.74 Å². The Morgan fingerprint density at radius 1 is 1.28 bits per heavy atom. The highest BCUT2D eigenvalue weighted by Crippen LogP contribution is 2.25. The SMILES string of the molecule is CNCc1cccc(C)c1OCCCC(F)(F)F. The molecule has 1 aromatic rings. The van der Waals surface area contributed by atoms with Crippen molar-refractivity contribution in [2.45, 2.75) is 32.5 Å². The zero-order chi connectivity index (χ0) is 13.6. The van der Waals surface area contributed by atoms with Gasteiger partial charge in [0.05, 0.1) is 6.61 Å². The predicted octanol–water partition coefficient (Wildman–Crippen LogP) is 3.44. The molecule has 0 aliphatic rings. The van der Waals surface area contributed by atoms with Crippen LogP contribution in [0.15, 0.2) is 18.2 Å². The molecule has 0 saturated carbocycles. The Labute approximate surface area is 105 Å². The lowest BCUT2D eigenvalue weighted by atomic mass is 10.1. The van der Waals surface area contributed by atoms with E-state index in [9.17, 15) is 13.2 Å². The highest BCUT2D eigenvalue weighted by molar-refractivity contribution is 5.40. The molecule has 0 amide bonds. The van der Waals surface area contributed by atoms with Crippen LogP contribution < -0.4 is 10.1 Å². The molecule has 0 aliphatic heterocycles. The van der Waals surface area contributed by atoms with Crippen molar-refractivity contribution in [3.8, 4) is 5.75 Å². The molecule has 0 bridgehead atoms. The van der Waals surface area contributed by atoms with Gasteiger partial charge in [-0.15, -0.1) is 0 Å². The average Bonchev–Trinajstić information content (AvgIpc) is 2.26. The molecule has 0 radical (unpaired) electrons. The predicted molar refractivity (Wildman–Crippen MR) is 64.7 cm³/mol. The van der Waals surface area contributed by atoms with Gasteiger partial charge in [0.1, 0.15) is 5.75 Å². The molecule has 2 nitrogen and oxygen atoms in total. The van der Waals surface area contributed by atoms with E-state index in [1.807, 2.05) is 32.2 Å². The lowest BCUT2D eigenvalue weighted by Crippen LogP contribution is -2.12. The van der Waals surface area contributed by atoms with Crippen molar-refractivity contribution in [3.05, 3.63) is 29.3 Å². The van der Waals surface area contributed by atoms with E-state index in [2.05, 4.69) is 5.32 Å². The van der Waals surface area contributed by atoms with Gasteiger partial charge >= 0.3 is 6.18 Å². The normalized spacial score (nSPS) is 11.6. The van der Waals surface area contributed by atoms with Crippen LogP contribution in [0.5, 0.6) is 5.75 Å². The molecule has 5 heteroatoms. The first-order valence-electron chi connectivity index (χ1n) is 5.86. The maximum absolute atomic E-state index is 12.0. The van der Waals surface area contributed by atoms with Crippen LogP contribution in [0, 0.1) is 6.92 Å². The average molecular weight is 261 g/mol. The number of ether oxygens (including phenoxy) is 1. The van der Waals surface area contributed by atoms with E-state index >= 15 is 0 Å². The Bertz CT molecular complexity index is 377. The summed E-state index contributed by atoms with van der Waals surface area (Å²) in [6, 6.07) is 5.70. The fraction of sp³-hybridized carbons (Fsp3) is 0.538. The van der Waals surface area contributed by atoms with E-state index in [0.717, 1.165) is 11.1 Å². The first kappa shape index (κ1) is 14.8. The van der Waals surface area contributed by atoms with Crippen LogP contribution in [0.4, 0.5) is 13.2 Å². The van der Waals surface area contributed by atoms with Gasteiger partial charge in [0.25, 0.3) is 0 Å². The van der Waals surface area contributed by atoms with Gasteiger partial charge in [-0.1, -0.05) is 18.2 Å². The Morgan fingerprint density at radius 2 is 2.00 bits per heavy atom. The fourth-order valence-electron chi connectivity index (χ4n) is 1.70. The van der Waals surface area contributed by atoms with Gasteiger partial charge in [0.15, 0.2) is 0 Å². The molecule has 0 spiro atoms. The van der Waals surface area contributed by atoms with Crippen molar-refractivity contribution < 1.29 is 17.9 Å². The summed E-state index contributed by atoms with van der Waals surface area (Å²) in [5.41, 5.74) is 1.90. The molecule has 0 aliphatic carbocycles. The third kappa shape index (κ3) is 4.96. The Balaban J connectivity index is 2.55. The first-order valence-corrected chi connectivity index (χ1v) is 5.86. The van der Waals surface area contributed by atoms with Crippen molar-refractivity contribution >= 4 is 0 Å². The van der Waals surface area contributed by atoms with Crippen molar-refractivity contribution in [1.82, 2.24) is 5.32 Å². The van der Waals surface area contributed by atoms with E-state index in [1.54, 1.807) is 0 Å². The number of rotatable bonds is 6. The minimum absolute atomic E-state index is 0.0170. The summed E-state index contributed by atoms with van der Waals surface area (Å²) in [5.74, 6) is 0.689. The fourth-order valence-corrected chi connectivity index (χ4v) is 1.70. The topological polar surface area (TPSA) is 21.3 Å². The van der Waals surface area contributed by atoms with E-state index in [0.29, 0.717) is 12.3 Å². The Morgan fingerprint density at radius 3 is 2.61 bits per heavy atom. The Kier molecular flexibility index (Phi) is 5.47. The minimum atomic E-state index is -4.11. The number of nitrogens with one attached hydrogen (secondary N) is 1. The second-order valence-electron chi connectivity index (χ2n) is 4.16. The number of para-hydroxylation sites is 1. The molecule has 1 aromatic carbocycles. The van der Waals surface area contributed by atoms with Crippen LogP contribution >= 0.6 is 0 Å². The second kappa shape index (κ2) is 6.64. The zero-order valence-corrected chi connectivity index (χ0v) is 10.6. The molecule has 102 valence electrons. The van der Waals surface area contributed by atoms with Gasteiger partial charge in [-0.05, 0) is 26.0 Å². The summed E-state index contributed by atoms with van der Waals surface area (Å²) in [7, 11) is 1.82. The van der Waals surface area contributed by atoms with Crippen molar-refractivity contribution in [2.24, 2.45) is 0 Å². The van der Waals surface area contributed by atoms with Crippen molar-refractivity contribution in [2.75, 3.05) is 13.7 Å². The number of benzene rings is 1. The second-order valence-corrected chi connectivity index (χ2v) is 4.16. The molecule has 1 rings (SSSR count). The molecule has 0 saturated heterocycles. The molecule has 0 unspecified atom stereocenters. The number of aryl methyl sites for hydroxylation is 1. The van der Waals surface area contributed by atoms with Gasteiger partial charge < -0.3 is 10.1 Å². The zero-order valence-electron chi connectivity index (χ0n) is 10.6. The maximum atomic E-state index is 12.0. The highest BCUT2D eigenvalue weighted by atomic mass is 19.4. The number of halogens is 3. The first-order chi connectivity index (χ1) is 8.44. The lowest BCUT2D eigenvalue weighted by molar-refractivity contribution is -0.136. The standard InChI is InChI=1S/C13H18F3NO/c1-10-5-3-6-11(9-17-2)12(10)18-8-4-7-13(14,15)16/h3,5-6,17H,4,7-9H2,1-2H3. The summed E-state index contributed by atoms with van der Waals surface area (Å²) in [6.07, 6.45) is -4.93. The Hall–Kier alpha value is -1.23. The molecule has 0 atom stereocenters. The number of hydrogen-bond acceptors (Lipinski definition) is 2. The van der Waals surface area contributed by atoms with Crippen LogP contribution in [0.3, 0.4) is 0 Å². The van der Waals surface area contributed by atoms with E-state index in [1.165, 1.54) is 0 Å². The number of alkyl halides is 3. The lowest BCUT2D eigenvalue weighted by Gasteiger charge is -2.14. The van der Waals surface area contributed by atoms with Gasteiger partial charge in [0, 0.05) is 18.5 Å². The van der Waals surface area contributed by atoms with Crippen LogP contribution in [0.2, 0.25) is 0 Å². The van der Waals surface area contributed by atoms with Crippen LogP contribution in [-0.4, -0.2) is 19.8 Å². The third-order valence-corrected chi connectivity index (χ3v) is 2.51. The highest BCUT2D eigenvalue weighted by Gasteiger charge is 2.26. The maximum Gasteiger partial charge on any atom is 0.389 e. The van der Waals surface area contributed by atoms with Gasteiger partial charge in [-0.3, -0.25) is 0 Å². The smallest absolute Gasteiger partial charge is 0.389 e. The van der Waals surface area contributed by atoms with Gasteiger partial charge in [0.2, 0.25) is 0 Å². The summed E-state index contributed by atoms with van der Waals surface area (Å²) in [6.45, 7) is 2.61. The van der Waals surface area contributed by atoms with E-state index < -0.39 is 12.6 Å². The van der Waals surface area contributed by atoms with E-state index in [-0.39, 0.29) is 13.0 Å². The number of hydrogen-bond donors (Lipinski definition) is 1. The minimum Gasteiger partial charge on any atom is -0.493 e. The monoisotopic (exact) mass is 261 g/mol. The van der Waals surface area contributed by atoms with Crippen LogP contribution in [-0.2, 0) is 6.54 Å². The largest absolute Gasteiger partial charge is 0.493 e. The van der Waals surface area contributed by atoms with Crippen molar-refractivity contribution in [1.29, 1.82) is 0 Å². The van der Waals surface area contributed by atoms with Gasteiger partial charge in [-0.2, -0.15) is 13.2 Å². The third-order valence-electron chi connectivity index (χ3n) is 2.51. The summed E-state index contributed by atoms with van der Waals surface area (Å²) in [5, 5.41) is 3.01. The molecule has 18 heavy (non-hydrogen) atoms. The molecule has 0 fully saturated rings. The van der Waals surface area contributed by atoms with Crippen LogP contribution in [0.1, 0.15) is 24.0 Å². The van der Waals surface area contributed by atoms with Gasteiger partial charge in [-0.25, -0.2) is 0 Å².